The highest BCUT2D eigenvalue weighted by atomic mass is 16.3. The molecule has 0 unspecified atom stereocenters. The number of furan rings is 2. The molecule has 0 fully saturated rings. The number of benzene rings is 12. The SMILES string of the molecule is c1ccc2c(c1)-c1ccccc1C21c2ccccc2-c2ccc(-c3nc4c5ccccc5c5ccccc5c4nc3-c3cc(-c4cccc5c4oc4ccccc45)cc(-c4cccc5c4oc4ccccc45)c3)cc21. The van der Waals surface area contributed by atoms with Gasteiger partial charge in [0.25, 0.3) is 0 Å². The van der Waals surface area contributed by atoms with Gasteiger partial charge in [-0.3, -0.25) is 0 Å². The van der Waals surface area contributed by atoms with Crippen LogP contribution in [0.3, 0.4) is 0 Å². The van der Waals surface area contributed by atoms with Crippen molar-refractivity contribution < 1.29 is 8.83 Å². The van der Waals surface area contributed by atoms with Crippen LogP contribution in [-0.4, -0.2) is 9.97 Å². The Kier molecular flexibility index (Phi) is 8.18. The van der Waals surface area contributed by atoms with Crippen molar-refractivity contribution in [3.63, 3.8) is 0 Å². The number of para-hydroxylation sites is 4. The largest absolute Gasteiger partial charge is 0.455 e. The van der Waals surface area contributed by atoms with E-state index in [9.17, 15) is 0 Å². The Morgan fingerprint density at radius 3 is 1.13 bits per heavy atom. The third kappa shape index (κ3) is 5.49. The summed E-state index contributed by atoms with van der Waals surface area (Å²) in [6.45, 7) is 0. The molecule has 0 amide bonds. The van der Waals surface area contributed by atoms with Crippen LogP contribution in [0.4, 0.5) is 0 Å². The summed E-state index contributed by atoms with van der Waals surface area (Å²) in [6.07, 6.45) is 0. The van der Waals surface area contributed by atoms with E-state index >= 15 is 0 Å². The molecule has 0 bridgehead atoms. The molecule has 2 aliphatic rings. The summed E-state index contributed by atoms with van der Waals surface area (Å²) < 4.78 is 13.6. The molecular weight excluding hydrogens is 913 g/mol. The first-order valence-electron chi connectivity index (χ1n) is 25.7. The molecule has 0 aliphatic heterocycles. The maximum atomic E-state index is 6.80. The first kappa shape index (κ1) is 40.7. The van der Waals surface area contributed by atoms with Crippen molar-refractivity contribution in [3.05, 3.63) is 265 Å². The molecule has 1 spiro atoms. The zero-order valence-corrected chi connectivity index (χ0v) is 40.3. The molecule has 3 heterocycles. The lowest BCUT2D eigenvalue weighted by Gasteiger charge is -2.30. The summed E-state index contributed by atoms with van der Waals surface area (Å²) in [5, 5.41) is 8.74. The van der Waals surface area contributed by atoms with Gasteiger partial charge in [0.1, 0.15) is 22.3 Å². The number of aromatic nitrogens is 2. The molecule has 346 valence electrons. The van der Waals surface area contributed by atoms with Gasteiger partial charge in [0.15, 0.2) is 0 Å². The van der Waals surface area contributed by atoms with Crippen molar-refractivity contribution in [1.82, 2.24) is 9.97 Å². The summed E-state index contributed by atoms with van der Waals surface area (Å²) in [7, 11) is 0. The monoisotopic (exact) mass is 952 g/mol. The number of nitrogens with zero attached hydrogens (tertiary/aromatic N) is 2. The van der Waals surface area contributed by atoms with Crippen LogP contribution in [0.1, 0.15) is 22.3 Å². The van der Waals surface area contributed by atoms with Gasteiger partial charge in [-0.2, -0.15) is 0 Å². The number of rotatable bonds is 4. The Labute approximate surface area is 430 Å². The van der Waals surface area contributed by atoms with Crippen LogP contribution >= 0.6 is 0 Å². The molecule has 2 aliphatic carbocycles. The van der Waals surface area contributed by atoms with Crippen LogP contribution < -0.4 is 0 Å². The minimum absolute atomic E-state index is 0.536. The molecule has 0 radical (unpaired) electrons. The maximum absolute atomic E-state index is 6.80. The summed E-state index contributed by atoms with van der Waals surface area (Å²) in [6, 6.07) is 87.8. The summed E-state index contributed by atoms with van der Waals surface area (Å²) in [5.74, 6) is 0. The zero-order chi connectivity index (χ0) is 48.9. The fourth-order valence-electron chi connectivity index (χ4n) is 13.3. The molecule has 0 saturated heterocycles. The summed E-state index contributed by atoms with van der Waals surface area (Å²) in [5.41, 5.74) is 22.3. The third-order valence-electron chi connectivity index (χ3n) is 16.5. The van der Waals surface area contributed by atoms with E-state index in [1.807, 2.05) is 12.1 Å². The predicted molar refractivity (Wildman–Crippen MR) is 307 cm³/mol. The van der Waals surface area contributed by atoms with Crippen molar-refractivity contribution in [2.75, 3.05) is 0 Å². The van der Waals surface area contributed by atoms with E-state index in [2.05, 4.69) is 231 Å². The molecule has 12 aromatic carbocycles. The van der Waals surface area contributed by atoms with Crippen molar-refractivity contribution in [2.24, 2.45) is 0 Å². The van der Waals surface area contributed by atoms with E-state index in [0.717, 1.165) is 121 Å². The minimum Gasteiger partial charge on any atom is -0.455 e. The van der Waals surface area contributed by atoms with Crippen molar-refractivity contribution in [3.8, 4) is 67.0 Å². The van der Waals surface area contributed by atoms with Gasteiger partial charge >= 0.3 is 0 Å². The van der Waals surface area contributed by atoms with Crippen LogP contribution in [0.5, 0.6) is 0 Å². The predicted octanol–water partition coefficient (Wildman–Crippen LogP) is 18.7. The third-order valence-corrected chi connectivity index (χ3v) is 16.5. The molecule has 15 aromatic rings. The lowest BCUT2D eigenvalue weighted by molar-refractivity contribution is 0.670. The molecule has 0 N–H and O–H groups in total. The molecule has 0 saturated carbocycles. The van der Waals surface area contributed by atoms with Crippen LogP contribution in [0.15, 0.2) is 251 Å². The molecule has 0 atom stereocenters. The highest BCUT2D eigenvalue weighted by molar-refractivity contribution is 6.24. The van der Waals surface area contributed by atoms with E-state index in [1.165, 1.54) is 44.5 Å². The van der Waals surface area contributed by atoms with Crippen LogP contribution in [-0.2, 0) is 5.41 Å². The van der Waals surface area contributed by atoms with Gasteiger partial charge in [-0.25, -0.2) is 9.97 Å². The number of hydrogen-bond acceptors (Lipinski definition) is 4. The number of fused-ring (bicyclic) bond motifs is 22. The average Bonchev–Trinajstić information content (AvgIpc) is 4.38. The van der Waals surface area contributed by atoms with Gasteiger partial charge in [-0.05, 0) is 103 Å². The Balaban J connectivity index is 0.998. The van der Waals surface area contributed by atoms with E-state index in [0.29, 0.717) is 0 Å². The Morgan fingerprint density at radius 2 is 0.627 bits per heavy atom. The van der Waals surface area contributed by atoms with E-state index in [4.69, 9.17) is 18.8 Å². The van der Waals surface area contributed by atoms with Crippen LogP contribution in [0.2, 0.25) is 0 Å². The van der Waals surface area contributed by atoms with Gasteiger partial charge in [-0.15, -0.1) is 0 Å². The molecule has 75 heavy (non-hydrogen) atoms. The van der Waals surface area contributed by atoms with Crippen molar-refractivity contribution in [2.45, 2.75) is 5.41 Å². The fraction of sp³-hybridized carbons (Fsp3) is 0.0141. The van der Waals surface area contributed by atoms with Gasteiger partial charge in [-0.1, -0.05) is 206 Å². The van der Waals surface area contributed by atoms with E-state index in [1.54, 1.807) is 0 Å². The molecule has 4 heteroatoms. The van der Waals surface area contributed by atoms with Crippen molar-refractivity contribution in [1.29, 1.82) is 0 Å². The normalized spacial score (nSPS) is 13.2. The first-order chi connectivity index (χ1) is 37.2. The second kappa shape index (κ2) is 15.1. The highest BCUT2D eigenvalue weighted by Gasteiger charge is 2.51. The molecule has 3 aromatic heterocycles. The summed E-state index contributed by atoms with van der Waals surface area (Å²) >= 11 is 0. The second-order valence-electron chi connectivity index (χ2n) is 20.2. The topological polar surface area (TPSA) is 52.1 Å². The standard InChI is InChI=1S/C71H40N2O2/c1-3-24-55-47(17-1)48-18-2-4-25-56(48)68-67(55)72-65(41-35-36-52-51-21-7-12-32-61(51)71(62(52)40-41)59-30-10-5-19-49(59)50-20-6-11-31-60(50)71)66(73-68)44-38-42(45-26-15-28-57-53-22-8-13-33-63(53)74-69(45)57)37-43(39-44)46-27-16-29-58-54-23-9-14-34-64(54)75-70(46)58/h1-40H. The smallest absolute Gasteiger partial charge is 0.143 e. The first-order valence-corrected chi connectivity index (χ1v) is 25.7. The Hall–Kier alpha value is -9.90. The number of hydrogen-bond donors (Lipinski definition) is 0. The lowest BCUT2D eigenvalue weighted by atomic mass is 9.70. The van der Waals surface area contributed by atoms with Crippen LogP contribution in [0, 0.1) is 0 Å². The van der Waals surface area contributed by atoms with Gasteiger partial charge in [0, 0.05) is 54.6 Å². The summed E-state index contributed by atoms with van der Waals surface area (Å²) in [4.78, 5) is 11.9. The quantitative estimate of drug-likeness (QED) is 0.165. The molecular formula is C71H40N2O2. The zero-order valence-electron chi connectivity index (χ0n) is 40.3. The van der Waals surface area contributed by atoms with Gasteiger partial charge < -0.3 is 8.83 Å². The average molecular weight is 953 g/mol. The molecule has 17 rings (SSSR count). The lowest BCUT2D eigenvalue weighted by Crippen LogP contribution is -2.25. The van der Waals surface area contributed by atoms with E-state index in [-0.39, 0.29) is 0 Å². The van der Waals surface area contributed by atoms with E-state index < -0.39 is 5.41 Å². The Bertz CT molecular complexity index is 4780. The molecule has 4 nitrogen and oxygen atoms in total. The van der Waals surface area contributed by atoms with Gasteiger partial charge in [0.2, 0.25) is 0 Å². The second-order valence-corrected chi connectivity index (χ2v) is 20.2. The minimum atomic E-state index is -0.536. The fourth-order valence-corrected chi connectivity index (χ4v) is 13.3. The van der Waals surface area contributed by atoms with Crippen LogP contribution in [0.25, 0.3) is 143 Å². The van der Waals surface area contributed by atoms with Gasteiger partial charge in [0.05, 0.1) is 27.8 Å². The Morgan fingerprint density at radius 1 is 0.253 bits per heavy atom. The maximum Gasteiger partial charge on any atom is 0.143 e. The van der Waals surface area contributed by atoms with Crippen molar-refractivity contribution >= 4 is 76.5 Å². The highest BCUT2D eigenvalue weighted by Crippen LogP contribution is 2.63.